The minimum Gasteiger partial charge on any atom is -0.480 e. The van der Waals surface area contributed by atoms with Crippen molar-refractivity contribution < 1.29 is 14.3 Å². The molecule has 0 unspecified atom stereocenters. The molecule has 5 rings (SSSR count). The Hall–Kier alpha value is -3.07. The Balaban J connectivity index is 1.77. The van der Waals surface area contributed by atoms with E-state index in [0.717, 1.165) is 52.2 Å². The van der Waals surface area contributed by atoms with Crippen molar-refractivity contribution in [2.24, 2.45) is 0 Å². The van der Waals surface area contributed by atoms with Gasteiger partial charge in [0.15, 0.2) is 11.9 Å². The van der Waals surface area contributed by atoms with Gasteiger partial charge in [0.25, 0.3) is 0 Å². The minimum absolute atomic E-state index is 0.0105. The maximum atomic E-state index is 13.5. The lowest BCUT2D eigenvalue weighted by molar-refractivity contribution is -0.113. The Morgan fingerprint density at radius 1 is 1.00 bits per heavy atom. The first-order valence-corrected chi connectivity index (χ1v) is 9.42. The van der Waals surface area contributed by atoms with Gasteiger partial charge < -0.3 is 9.47 Å². The van der Waals surface area contributed by atoms with Crippen LogP contribution in [0.25, 0.3) is 11.6 Å². The molecule has 0 saturated carbocycles. The second-order valence-corrected chi connectivity index (χ2v) is 7.16. The molecule has 0 saturated heterocycles. The largest absolute Gasteiger partial charge is 0.480 e. The fourth-order valence-electron chi connectivity index (χ4n) is 4.21. The number of hydrogen-bond acceptors (Lipinski definition) is 3. The summed E-state index contributed by atoms with van der Waals surface area (Å²) in [7, 11) is 0. The van der Waals surface area contributed by atoms with Gasteiger partial charge in [-0.15, -0.1) is 0 Å². The normalized spacial score (nSPS) is 20.0. The second kappa shape index (κ2) is 5.98. The predicted molar refractivity (Wildman–Crippen MR) is 105 cm³/mol. The lowest BCUT2D eigenvalue weighted by atomic mass is 9.77. The van der Waals surface area contributed by atoms with Gasteiger partial charge in [-0.05, 0) is 37.1 Å². The average molecular weight is 356 g/mol. The summed E-state index contributed by atoms with van der Waals surface area (Å²) >= 11 is 0. The summed E-state index contributed by atoms with van der Waals surface area (Å²) in [4.78, 5) is 13.5. The van der Waals surface area contributed by atoms with Crippen molar-refractivity contribution in [3.63, 3.8) is 0 Å². The number of Topliss-reactive ketones (excluding diaryl/α,β-unsaturated/α-hetero) is 1. The van der Waals surface area contributed by atoms with Gasteiger partial charge in [0, 0.05) is 22.3 Å². The molecule has 0 aromatic heterocycles. The molecule has 2 heterocycles. The Morgan fingerprint density at radius 3 is 2.56 bits per heavy atom. The van der Waals surface area contributed by atoms with Gasteiger partial charge in [-0.3, -0.25) is 4.79 Å². The van der Waals surface area contributed by atoms with Crippen LogP contribution in [0.4, 0.5) is 0 Å². The van der Waals surface area contributed by atoms with Crippen LogP contribution >= 0.6 is 0 Å². The SMILES string of the molecule is CCCC1=C2Oc3ccccc3C=C2C(=O)C2=C(C)c3ccccc3O[C@H]12. The molecular formula is C24H20O3. The number of ether oxygens (including phenoxy) is 2. The number of rotatable bonds is 2. The highest BCUT2D eigenvalue weighted by molar-refractivity contribution is 6.20. The number of allylic oxidation sites excluding steroid dienone is 2. The monoisotopic (exact) mass is 356 g/mol. The van der Waals surface area contributed by atoms with Gasteiger partial charge in [-0.2, -0.15) is 0 Å². The van der Waals surface area contributed by atoms with Gasteiger partial charge in [0.1, 0.15) is 17.3 Å². The van der Waals surface area contributed by atoms with Crippen molar-refractivity contribution in [1.29, 1.82) is 0 Å². The first-order valence-electron chi connectivity index (χ1n) is 9.42. The van der Waals surface area contributed by atoms with Crippen LogP contribution in [0.3, 0.4) is 0 Å². The molecule has 0 radical (unpaired) electrons. The quantitative estimate of drug-likeness (QED) is 0.729. The highest BCUT2D eigenvalue weighted by Crippen LogP contribution is 2.47. The lowest BCUT2D eigenvalue weighted by Crippen LogP contribution is -2.38. The summed E-state index contributed by atoms with van der Waals surface area (Å²) in [6.45, 7) is 4.16. The third-order valence-corrected chi connectivity index (χ3v) is 5.49. The van der Waals surface area contributed by atoms with E-state index in [1.54, 1.807) is 0 Å². The Morgan fingerprint density at radius 2 is 1.74 bits per heavy atom. The van der Waals surface area contributed by atoms with Crippen LogP contribution in [-0.4, -0.2) is 11.9 Å². The van der Waals surface area contributed by atoms with E-state index in [4.69, 9.17) is 9.47 Å². The van der Waals surface area contributed by atoms with E-state index in [0.29, 0.717) is 11.3 Å². The van der Waals surface area contributed by atoms with Crippen LogP contribution in [0.1, 0.15) is 37.8 Å². The molecule has 134 valence electrons. The van der Waals surface area contributed by atoms with Crippen molar-refractivity contribution in [2.45, 2.75) is 32.8 Å². The summed E-state index contributed by atoms with van der Waals surface area (Å²) in [6, 6.07) is 15.8. The van der Waals surface area contributed by atoms with Gasteiger partial charge in [-0.1, -0.05) is 49.7 Å². The molecule has 3 aliphatic rings. The lowest BCUT2D eigenvalue weighted by Gasteiger charge is -2.37. The summed E-state index contributed by atoms with van der Waals surface area (Å²) < 4.78 is 12.6. The summed E-state index contributed by atoms with van der Waals surface area (Å²) in [5.41, 5.74) is 5.38. The molecule has 0 N–H and O–H groups in total. The number of carbonyl (C=O) groups excluding carboxylic acids is 1. The van der Waals surface area contributed by atoms with Crippen LogP contribution in [0.5, 0.6) is 11.5 Å². The van der Waals surface area contributed by atoms with E-state index in [1.807, 2.05) is 61.5 Å². The maximum absolute atomic E-state index is 13.5. The summed E-state index contributed by atoms with van der Waals surface area (Å²) in [5, 5.41) is 0. The maximum Gasteiger partial charge on any atom is 0.197 e. The number of hydrogen-bond donors (Lipinski definition) is 0. The first kappa shape index (κ1) is 16.1. The van der Waals surface area contributed by atoms with Crippen LogP contribution < -0.4 is 9.47 Å². The molecule has 27 heavy (non-hydrogen) atoms. The topological polar surface area (TPSA) is 35.5 Å². The highest BCUT2D eigenvalue weighted by Gasteiger charge is 2.43. The average Bonchev–Trinajstić information content (AvgIpc) is 2.70. The van der Waals surface area contributed by atoms with Crippen LogP contribution in [0, 0.1) is 0 Å². The van der Waals surface area contributed by atoms with Gasteiger partial charge >= 0.3 is 0 Å². The predicted octanol–water partition coefficient (Wildman–Crippen LogP) is 5.33. The molecule has 0 amide bonds. The first-order chi connectivity index (χ1) is 13.2. The smallest absolute Gasteiger partial charge is 0.197 e. The van der Waals surface area contributed by atoms with Crippen molar-refractivity contribution in [3.8, 4) is 11.5 Å². The molecule has 3 nitrogen and oxygen atoms in total. The number of para-hydroxylation sites is 2. The van der Waals surface area contributed by atoms with Crippen molar-refractivity contribution >= 4 is 17.4 Å². The van der Waals surface area contributed by atoms with E-state index >= 15 is 0 Å². The number of carbonyl (C=O) groups is 1. The van der Waals surface area contributed by atoms with E-state index < -0.39 is 0 Å². The second-order valence-electron chi connectivity index (χ2n) is 7.16. The fourth-order valence-corrected chi connectivity index (χ4v) is 4.21. The van der Waals surface area contributed by atoms with E-state index in [9.17, 15) is 4.79 Å². The van der Waals surface area contributed by atoms with E-state index in [-0.39, 0.29) is 11.9 Å². The van der Waals surface area contributed by atoms with Crippen molar-refractivity contribution in [2.75, 3.05) is 0 Å². The summed E-state index contributed by atoms with van der Waals surface area (Å²) in [5.74, 6) is 2.31. The van der Waals surface area contributed by atoms with E-state index in [1.165, 1.54) is 0 Å². The molecule has 2 aliphatic heterocycles. The summed E-state index contributed by atoms with van der Waals surface area (Å²) in [6.07, 6.45) is 3.37. The Labute approximate surface area is 158 Å². The van der Waals surface area contributed by atoms with Crippen molar-refractivity contribution in [3.05, 3.63) is 82.1 Å². The zero-order valence-corrected chi connectivity index (χ0v) is 15.4. The highest BCUT2D eigenvalue weighted by atomic mass is 16.5. The zero-order valence-electron chi connectivity index (χ0n) is 15.4. The molecule has 2 aromatic rings. The van der Waals surface area contributed by atoms with Crippen LogP contribution in [0.2, 0.25) is 0 Å². The number of ketones is 1. The number of fused-ring (bicyclic) bond motifs is 4. The van der Waals surface area contributed by atoms with Crippen LogP contribution in [-0.2, 0) is 4.79 Å². The molecular weight excluding hydrogens is 336 g/mol. The fraction of sp³-hybridized carbons (Fsp3) is 0.208. The van der Waals surface area contributed by atoms with Crippen molar-refractivity contribution in [1.82, 2.24) is 0 Å². The standard InChI is InChI=1S/C24H20O3/c1-3-8-17-23-18(13-15-9-4-6-11-19(15)26-23)22(25)21-14(2)16-10-5-7-12-20(16)27-24(17)21/h4-7,9-13,24H,3,8H2,1-2H3/t24-/m1/s1. The third-order valence-electron chi connectivity index (χ3n) is 5.49. The van der Waals surface area contributed by atoms with Crippen LogP contribution in [0.15, 0.2) is 71.0 Å². The minimum atomic E-state index is -0.371. The van der Waals surface area contributed by atoms with Gasteiger partial charge in [0.2, 0.25) is 0 Å². The molecule has 0 fully saturated rings. The molecule has 1 atom stereocenters. The molecule has 3 heteroatoms. The Kier molecular flexibility index (Phi) is 3.57. The molecule has 0 spiro atoms. The molecule has 0 bridgehead atoms. The number of benzene rings is 2. The zero-order chi connectivity index (χ0) is 18.5. The Bertz CT molecular complexity index is 1070. The third kappa shape index (κ3) is 2.31. The van der Waals surface area contributed by atoms with E-state index in [2.05, 4.69) is 6.92 Å². The molecule has 2 aromatic carbocycles. The molecule has 1 aliphatic carbocycles. The van der Waals surface area contributed by atoms with Gasteiger partial charge in [-0.25, -0.2) is 0 Å². The van der Waals surface area contributed by atoms with Gasteiger partial charge in [0.05, 0.1) is 5.57 Å².